The predicted octanol–water partition coefficient (Wildman–Crippen LogP) is 0.811. The summed E-state index contributed by atoms with van der Waals surface area (Å²) in [5.74, 6) is 1.08. The first-order chi connectivity index (χ1) is 6.36. The van der Waals surface area contributed by atoms with Gasteiger partial charge in [0, 0.05) is 6.54 Å². The number of hydrogen-bond donors (Lipinski definition) is 1. The summed E-state index contributed by atoms with van der Waals surface area (Å²) in [4.78, 5) is 7.96. The Bertz CT molecular complexity index is 307. The van der Waals surface area contributed by atoms with Crippen LogP contribution in [0.1, 0.15) is 6.42 Å². The molecule has 0 spiro atoms. The van der Waals surface area contributed by atoms with Gasteiger partial charge in [-0.05, 0) is 0 Å². The van der Waals surface area contributed by atoms with Crippen LogP contribution in [0, 0.1) is 11.3 Å². The van der Waals surface area contributed by atoms with Crippen molar-refractivity contribution in [3.63, 3.8) is 0 Å². The van der Waals surface area contributed by atoms with Crippen molar-refractivity contribution in [2.75, 3.05) is 19.0 Å². The van der Waals surface area contributed by atoms with Crippen LogP contribution in [0.4, 0.5) is 5.82 Å². The van der Waals surface area contributed by atoms with Crippen LogP contribution < -0.4 is 10.1 Å². The maximum atomic E-state index is 8.29. The number of nitriles is 1. The first-order valence-corrected chi connectivity index (χ1v) is 3.83. The van der Waals surface area contributed by atoms with Gasteiger partial charge in [0.1, 0.15) is 5.82 Å². The molecule has 0 saturated heterocycles. The number of methoxy groups -OCH3 is 1. The molecule has 5 heteroatoms. The van der Waals surface area contributed by atoms with E-state index in [0.29, 0.717) is 24.7 Å². The van der Waals surface area contributed by atoms with Crippen LogP contribution in [0.25, 0.3) is 0 Å². The molecular weight excluding hydrogens is 168 g/mol. The molecule has 1 aromatic heterocycles. The highest BCUT2D eigenvalue weighted by molar-refractivity contribution is 5.33. The van der Waals surface area contributed by atoms with Gasteiger partial charge in [0.05, 0.1) is 32.0 Å². The van der Waals surface area contributed by atoms with Crippen molar-refractivity contribution >= 4 is 5.82 Å². The van der Waals surface area contributed by atoms with Crippen LogP contribution in [0.2, 0.25) is 0 Å². The van der Waals surface area contributed by atoms with E-state index in [-0.39, 0.29) is 0 Å². The van der Waals surface area contributed by atoms with Crippen LogP contribution >= 0.6 is 0 Å². The highest BCUT2D eigenvalue weighted by atomic mass is 16.5. The van der Waals surface area contributed by atoms with Gasteiger partial charge >= 0.3 is 0 Å². The fourth-order valence-electron chi connectivity index (χ4n) is 0.778. The van der Waals surface area contributed by atoms with Gasteiger partial charge in [0.25, 0.3) is 0 Å². The third kappa shape index (κ3) is 2.95. The van der Waals surface area contributed by atoms with Crippen LogP contribution in [-0.2, 0) is 0 Å². The lowest BCUT2D eigenvalue weighted by molar-refractivity contribution is 0.396. The number of rotatable bonds is 4. The summed E-state index contributed by atoms with van der Waals surface area (Å²) in [5.41, 5.74) is 0. The molecule has 5 nitrogen and oxygen atoms in total. The summed E-state index contributed by atoms with van der Waals surface area (Å²) in [6.07, 6.45) is 3.55. The predicted molar refractivity (Wildman–Crippen MR) is 47.3 cm³/mol. The molecule has 1 aromatic rings. The maximum absolute atomic E-state index is 8.29. The lowest BCUT2D eigenvalue weighted by Gasteiger charge is -2.03. The van der Waals surface area contributed by atoms with E-state index in [1.165, 1.54) is 13.3 Å². The highest BCUT2D eigenvalue weighted by Crippen LogP contribution is 2.07. The maximum Gasteiger partial charge on any atom is 0.233 e. The van der Waals surface area contributed by atoms with E-state index in [4.69, 9.17) is 10.00 Å². The van der Waals surface area contributed by atoms with E-state index in [9.17, 15) is 0 Å². The summed E-state index contributed by atoms with van der Waals surface area (Å²) >= 11 is 0. The zero-order valence-corrected chi connectivity index (χ0v) is 7.32. The Labute approximate surface area is 76.4 Å². The minimum Gasteiger partial charge on any atom is -0.480 e. The summed E-state index contributed by atoms with van der Waals surface area (Å²) in [7, 11) is 1.53. The Hall–Kier alpha value is -1.83. The normalized spacial score (nSPS) is 8.92. The molecule has 0 aromatic carbocycles. The molecule has 0 aliphatic carbocycles. The molecular formula is C8H10N4O. The standard InChI is InChI=1S/C8H10N4O/c1-13-8-6-10-5-7(12-8)11-4-2-3-9/h5-6H,2,4H2,1H3,(H,11,12). The number of ether oxygens (including phenoxy) is 1. The molecule has 0 aliphatic rings. The van der Waals surface area contributed by atoms with Crippen molar-refractivity contribution in [1.29, 1.82) is 5.26 Å². The molecule has 13 heavy (non-hydrogen) atoms. The van der Waals surface area contributed by atoms with Crippen molar-refractivity contribution in [1.82, 2.24) is 9.97 Å². The van der Waals surface area contributed by atoms with E-state index >= 15 is 0 Å². The molecule has 0 atom stereocenters. The average Bonchev–Trinajstić information content (AvgIpc) is 2.19. The molecule has 68 valence electrons. The molecule has 1 N–H and O–H groups in total. The second-order valence-corrected chi connectivity index (χ2v) is 2.28. The number of hydrogen-bond acceptors (Lipinski definition) is 5. The van der Waals surface area contributed by atoms with Crippen molar-refractivity contribution < 1.29 is 4.74 Å². The minimum absolute atomic E-state index is 0.443. The third-order valence-electron chi connectivity index (χ3n) is 1.36. The highest BCUT2D eigenvalue weighted by Gasteiger charge is 1.96. The van der Waals surface area contributed by atoms with Crippen molar-refractivity contribution in [2.45, 2.75) is 6.42 Å². The molecule has 1 heterocycles. The van der Waals surface area contributed by atoms with Crippen LogP contribution in [0.5, 0.6) is 5.88 Å². The number of nitrogens with one attached hydrogen (secondary N) is 1. The lowest BCUT2D eigenvalue weighted by atomic mass is 10.4. The van der Waals surface area contributed by atoms with Gasteiger partial charge < -0.3 is 10.1 Å². The molecule has 0 bridgehead atoms. The number of nitrogens with zero attached hydrogens (tertiary/aromatic N) is 3. The molecule has 1 rings (SSSR count). The SMILES string of the molecule is COc1cncc(NCCC#N)n1. The summed E-state index contributed by atoms with van der Waals surface area (Å²) in [6.45, 7) is 0.568. The zero-order chi connectivity index (χ0) is 9.52. The monoisotopic (exact) mass is 178 g/mol. The smallest absolute Gasteiger partial charge is 0.233 e. The third-order valence-corrected chi connectivity index (χ3v) is 1.36. The van der Waals surface area contributed by atoms with Crippen molar-refractivity contribution in [3.05, 3.63) is 12.4 Å². The Morgan fingerprint density at radius 3 is 3.15 bits per heavy atom. The van der Waals surface area contributed by atoms with Crippen LogP contribution in [-0.4, -0.2) is 23.6 Å². The minimum atomic E-state index is 0.443. The van der Waals surface area contributed by atoms with Gasteiger partial charge in [0.2, 0.25) is 5.88 Å². The summed E-state index contributed by atoms with van der Waals surface area (Å²) in [6, 6.07) is 2.02. The quantitative estimate of drug-likeness (QED) is 0.691. The molecule has 0 saturated carbocycles. The number of anilines is 1. The topological polar surface area (TPSA) is 70.8 Å². The Kier molecular flexibility index (Phi) is 3.51. The first kappa shape index (κ1) is 9.26. The van der Waals surface area contributed by atoms with Crippen LogP contribution in [0.3, 0.4) is 0 Å². The zero-order valence-electron chi connectivity index (χ0n) is 7.32. The van der Waals surface area contributed by atoms with E-state index in [1.807, 2.05) is 6.07 Å². The average molecular weight is 178 g/mol. The summed E-state index contributed by atoms with van der Waals surface area (Å²) in [5, 5.41) is 11.2. The summed E-state index contributed by atoms with van der Waals surface area (Å²) < 4.78 is 4.88. The fraction of sp³-hybridized carbons (Fsp3) is 0.375. The van der Waals surface area contributed by atoms with Gasteiger partial charge in [-0.2, -0.15) is 10.2 Å². The lowest BCUT2D eigenvalue weighted by Crippen LogP contribution is -2.03. The van der Waals surface area contributed by atoms with Gasteiger partial charge in [-0.1, -0.05) is 0 Å². The van der Waals surface area contributed by atoms with Gasteiger partial charge in [-0.25, -0.2) is 0 Å². The van der Waals surface area contributed by atoms with E-state index < -0.39 is 0 Å². The molecule has 0 radical (unpaired) electrons. The second-order valence-electron chi connectivity index (χ2n) is 2.28. The molecule has 0 fully saturated rings. The van der Waals surface area contributed by atoms with Crippen molar-refractivity contribution in [2.24, 2.45) is 0 Å². The Morgan fingerprint density at radius 2 is 2.46 bits per heavy atom. The fourth-order valence-corrected chi connectivity index (χ4v) is 0.778. The molecule has 0 unspecified atom stereocenters. The van der Waals surface area contributed by atoms with Gasteiger partial charge in [0.15, 0.2) is 0 Å². The largest absolute Gasteiger partial charge is 0.480 e. The second kappa shape index (κ2) is 4.93. The number of aromatic nitrogens is 2. The first-order valence-electron chi connectivity index (χ1n) is 3.83. The van der Waals surface area contributed by atoms with Gasteiger partial charge in [-0.15, -0.1) is 0 Å². The Balaban J connectivity index is 2.52. The van der Waals surface area contributed by atoms with E-state index in [0.717, 1.165) is 0 Å². The van der Waals surface area contributed by atoms with E-state index in [2.05, 4.69) is 15.3 Å². The molecule has 0 aliphatic heterocycles. The molecule has 0 amide bonds. The van der Waals surface area contributed by atoms with Crippen molar-refractivity contribution in [3.8, 4) is 11.9 Å². The van der Waals surface area contributed by atoms with Gasteiger partial charge in [-0.3, -0.25) is 4.98 Å². The van der Waals surface area contributed by atoms with Crippen LogP contribution in [0.15, 0.2) is 12.4 Å². The van der Waals surface area contributed by atoms with E-state index in [1.54, 1.807) is 6.20 Å². The Morgan fingerprint density at radius 1 is 1.62 bits per heavy atom.